The molecule has 0 unspecified atom stereocenters. The van der Waals surface area contributed by atoms with Crippen molar-refractivity contribution in [3.63, 3.8) is 0 Å². The van der Waals surface area contributed by atoms with Gasteiger partial charge in [-0.2, -0.15) is 18.3 Å². The molecule has 0 atom stereocenters. The Kier molecular flexibility index (Phi) is 6.09. The van der Waals surface area contributed by atoms with E-state index in [4.69, 9.17) is 4.42 Å². The molecule has 0 aliphatic rings. The predicted molar refractivity (Wildman–Crippen MR) is 109 cm³/mol. The van der Waals surface area contributed by atoms with Crippen LogP contribution >= 0.6 is 0 Å². The van der Waals surface area contributed by atoms with Crippen molar-refractivity contribution in [1.29, 1.82) is 0 Å². The molecule has 0 saturated carbocycles. The van der Waals surface area contributed by atoms with E-state index in [1.165, 1.54) is 12.1 Å². The molecule has 1 aromatic heterocycles. The second kappa shape index (κ2) is 8.56. The SMILES string of the molecule is CCN(CC)c1ccc2cc(/C(=N/Nc3ccc(F)cc3)C(F)(F)F)c(=O)oc2c1. The lowest BCUT2D eigenvalue weighted by Crippen LogP contribution is -2.30. The average Bonchev–Trinajstić information content (AvgIpc) is 2.70. The van der Waals surface area contributed by atoms with Crippen LogP contribution in [0.5, 0.6) is 0 Å². The summed E-state index contributed by atoms with van der Waals surface area (Å²) in [6.07, 6.45) is -4.92. The van der Waals surface area contributed by atoms with E-state index >= 15 is 0 Å². The molecule has 1 N–H and O–H groups in total. The molecule has 30 heavy (non-hydrogen) atoms. The molecule has 3 rings (SSSR count). The zero-order valence-electron chi connectivity index (χ0n) is 16.3. The fourth-order valence-electron chi connectivity index (χ4n) is 2.97. The van der Waals surface area contributed by atoms with Crippen LogP contribution in [0.3, 0.4) is 0 Å². The van der Waals surface area contributed by atoms with E-state index in [9.17, 15) is 22.4 Å². The van der Waals surface area contributed by atoms with Crippen molar-refractivity contribution in [1.82, 2.24) is 0 Å². The van der Waals surface area contributed by atoms with E-state index < -0.39 is 28.9 Å². The van der Waals surface area contributed by atoms with Crippen LogP contribution in [-0.2, 0) is 0 Å². The topological polar surface area (TPSA) is 57.8 Å². The van der Waals surface area contributed by atoms with Crippen LogP contribution in [0.1, 0.15) is 19.4 Å². The Hall–Kier alpha value is -3.36. The molecule has 3 aromatic rings. The number of rotatable bonds is 6. The first-order valence-corrected chi connectivity index (χ1v) is 9.22. The van der Waals surface area contributed by atoms with Gasteiger partial charge in [-0.1, -0.05) is 0 Å². The van der Waals surface area contributed by atoms with Gasteiger partial charge in [-0.05, 0) is 56.3 Å². The Morgan fingerprint density at radius 2 is 1.73 bits per heavy atom. The highest BCUT2D eigenvalue weighted by molar-refractivity contribution is 6.06. The summed E-state index contributed by atoms with van der Waals surface area (Å²) >= 11 is 0. The van der Waals surface area contributed by atoms with Gasteiger partial charge in [0.25, 0.3) is 0 Å². The number of anilines is 2. The standard InChI is InChI=1S/C21H19F4N3O2/c1-3-28(4-2)16-10-5-13-11-17(20(29)30-18(13)12-16)19(21(23,24)25)27-26-15-8-6-14(22)7-9-15/h5-12,26H,3-4H2,1-2H3/b27-19-. The summed E-state index contributed by atoms with van der Waals surface area (Å²) < 4.78 is 58.9. The minimum absolute atomic E-state index is 0.132. The maximum atomic E-state index is 13.6. The molecule has 0 fully saturated rings. The molecule has 0 aliphatic heterocycles. The van der Waals surface area contributed by atoms with Gasteiger partial charge in [0.2, 0.25) is 0 Å². The van der Waals surface area contributed by atoms with E-state index in [1.807, 2.05) is 18.7 Å². The summed E-state index contributed by atoms with van der Waals surface area (Å²) in [5, 5.41) is 3.69. The third-order valence-electron chi connectivity index (χ3n) is 4.51. The summed E-state index contributed by atoms with van der Waals surface area (Å²) in [4.78, 5) is 14.4. The van der Waals surface area contributed by atoms with E-state index in [2.05, 4.69) is 10.5 Å². The Morgan fingerprint density at radius 1 is 1.07 bits per heavy atom. The second-order valence-electron chi connectivity index (χ2n) is 6.42. The van der Waals surface area contributed by atoms with Crippen LogP contribution in [0.25, 0.3) is 11.0 Å². The van der Waals surface area contributed by atoms with E-state index in [1.54, 1.807) is 18.2 Å². The third kappa shape index (κ3) is 4.61. The van der Waals surface area contributed by atoms with E-state index in [0.29, 0.717) is 5.39 Å². The van der Waals surface area contributed by atoms with Gasteiger partial charge in [0, 0.05) is 30.2 Å². The Morgan fingerprint density at radius 3 is 2.33 bits per heavy atom. The monoisotopic (exact) mass is 421 g/mol. The highest BCUT2D eigenvalue weighted by atomic mass is 19.4. The minimum Gasteiger partial charge on any atom is -0.422 e. The Balaban J connectivity index is 2.05. The second-order valence-corrected chi connectivity index (χ2v) is 6.42. The van der Waals surface area contributed by atoms with E-state index in [0.717, 1.165) is 37.0 Å². The molecule has 0 amide bonds. The number of hydrogen-bond donors (Lipinski definition) is 1. The van der Waals surface area contributed by atoms with Crippen molar-refractivity contribution in [2.45, 2.75) is 20.0 Å². The van der Waals surface area contributed by atoms with Crippen molar-refractivity contribution in [3.05, 3.63) is 70.3 Å². The van der Waals surface area contributed by atoms with Crippen LogP contribution in [-0.4, -0.2) is 25.0 Å². The summed E-state index contributed by atoms with van der Waals surface area (Å²) in [6, 6.07) is 10.7. The molecule has 158 valence electrons. The lowest BCUT2D eigenvalue weighted by molar-refractivity contribution is -0.0582. The number of alkyl halides is 3. The molecular weight excluding hydrogens is 402 g/mol. The summed E-state index contributed by atoms with van der Waals surface area (Å²) in [5.41, 5.74) is 0.00294. The smallest absolute Gasteiger partial charge is 0.422 e. The Bertz CT molecular complexity index is 1120. The molecule has 9 heteroatoms. The molecule has 0 radical (unpaired) electrons. The zero-order valence-corrected chi connectivity index (χ0v) is 16.3. The molecule has 0 bridgehead atoms. The number of hydrogen-bond acceptors (Lipinski definition) is 5. The number of benzene rings is 2. The van der Waals surface area contributed by atoms with Crippen LogP contribution in [0, 0.1) is 5.82 Å². The van der Waals surface area contributed by atoms with Crippen molar-refractivity contribution in [3.8, 4) is 0 Å². The molecule has 0 spiro atoms. The number of nitrogens with zero attached hydrogens (tertiary/aromatic N) is 2. The van der Waals surface area contributed by atoms with Crippen molar-refractivity contribution >= 4 is 28.1 Å². The quantitative estimate of drug-likeness (QED) is 0.259. The molecule has 2 aromatic carbocycles. The average molecular weight is 421 g/mol. The lowest BCUT2D eigenvalue weighted by Gasteiger charge is -2.21. The first-order valence-electron chi connectivity index (χ1n) is 9.22. The normalized spacial score (nSPS) is 12.3. The van der Waals surface area contributed by atoms with Crippen LogP contribution in [0.2, 0.25) is 0 Å². The maximum Gasteiger partial charge on any atom is 0.435 e. The van der Waals surface area contributed by atoms with Crippen molar-refractivity contribution < 1.29 is 22.0 Å². The number of halogens is 4. The van der Waals surface area contributed by atoms with E-state index in [-0.39, 0.29) is 11.3 Å². The summed E-state index contributed by atoms with van der Waals surface area (Å²) in [5.74, 6) is -0.542. The lowest BCUT2D eigenvalue weighted by atomic mass is 10.1. The third-order valence-corrected chi connectivity index (χ3v) is 4.51. The molecule has 0 saturated heterocycles. The summed E-state index contributed by atoms with van der Waals surface area (Å²) in [6.45, 7) is 5.38. The summed E-state index contributed by atoms with van der Waals surface area (Å²) in [7, 11) is 0. The van der Waals surface area contributed by atoms with Gasteiger partial charge in [-0.3, -0.25) is 5.43 Å². The van der Waals surface area contributed by atoms with Crippen molar-refractivity contribution in [2.75, 3.05) is 23.4 Å². The van der Waals surface area contributed by atoms with Crippen LogP contribution in [0.15, 0.2) is 62.8 Å². The predicted octanol–water partition coefficient (Wildman–Crippen LogP) is 5.16. The largest absolute Gasteiger partial charge is 0.435 e. The molecule has 1 heterocycles. The minimum atomic E-state index is -4.92. The number of fused-ring (bicyclic) bond motifs is 1. The van der Waals surface area contributed by atoms with Gasteiger partial charge in [0.05, 0.1) is 11.3 Å². The van der Waals surface area contributed by atoms with Gasteiger partial charge in [0.15, 0.2) is 5.71 Å². The fourth-order valence-corrected chi connectivity index (χ4v) is 2.97. The molecule has 5 nitrogen and oxygen atoms in total. The highest BCUT2D eigenvalue weighted by Crippen LogP contribution is 2.26. The van der Waals surface area contributed by atoms with Crippen molar-refractivity contribution in [2.24, 2.45) is 5.10 Å². The van der Waals surface area contributed by atoms with Crippen LogP contribution < -0.4 is 16.0 Å². The van der Waals surface area contributed by atoms with Gasteiger partial charge in [-0.25, -0.2) is 9.18 Å². The molecule has 0 aliphatic carbocycles. The van der Waals surface area contributed by atoms with Gasteiger partial charge >= 0.3 is 11.8 Å². The maximum absolute atomic E-state index is 13.6. The number of nitrogens with one attached hydrogen (secondary N) is 1. The Labute approximate surface area is 169 Å². The van der Waals surface area contributed by atoms with Gasteiger partial charge < -0.3 is 9.32 Å². The highest BCUT2D eigenvalue weighted by Gasteiger charge is 2.39. The fraction of sp³-hybridized carbons (Fsp3) is 0.238. The zero-order chi connectivity index (χ0) is 21.9. The first-order chi connectivity index (χ1) is 14.2. The van der Waals surface area contributed by atoms with Crippen LogP contribution in [0.4, 0.5) is 28.9 Å². The van der Waals surface area contributed by atoms with Gasteiger partial charge in [0.1, 0.15) is 11.4 Å². The number of hydrazone groups is 1. The molecular formula is C21H19F4N3O2. The van der Waals surface area contributed by atoms with Gasteiger partial charge in [-0.15, -0.1) is 0 Å². The first kappa shape index (κ1) is 21.4.